The van der Waals surface area contributed by atoms with Crippen molar-refractivity contribution in [1.29, 1.82) is 0 Å². The maximum atomic E-state index is 11.4. The zero-order valence-electron chi connectivity index (χ0n) is 10.3. The number of aromatic amines is 1. The van der Waals surface area contributed by atoms with Gasteiger partial charge in [0.15, 0.2) is 0 Å². The molecule has 7 heteroatoms. The van der Waals surface area contributed by atoms with Crippen molar-refractivity contribution in [3.05, 3.63) is 18.0 Å². The van der Waals surface area contributed by atoms with Crippen molar-refractivity contribution in [3.63, 3.8) is 0 Å². The third-order valence-corrected chi connectivity index (χ3v) is 2.47. The first-order chi connectivity index (χ1) is 8.58. The molecule has 4 N–H and O–H groups in total. The lowest BCUT2D eigenvalue weighted by molar-refractivity contribution is -0.137. The molecule has 0 saturated heterocycles. The number of H-pyrrole nitrogens is 1. The number of aromatic nitrogens is 2. The van der Waals surface area contributed by atoms with E-state index in [0.717, 1.165) is 5.56 Å². The van der Waals surface area contributed by atoms with Crippen LogP contribution in [0.25, 0.3) is 0 Å². The molecule has 0 aliphatic heterocycles. The average Bonchev–Trinajstić information content (AvgIpc) is 2.84. The summed E-state index contributed by atoms with van der Waals surface area (Å²) in [7, 11) is 0. The first kappa shape index (κ1) is 14.0. The summed E-state index contributed by atoms with van der Waals surface area (Å²) in [5, 5.41) is 20.3. The number of carboxylic acid groups (broad SMARTS) is 1. The summed E-state index contributed by atoms with van der Waals surface area (Å²) in [6, 6.07) is -0.265. The minimum atomic E-state index is -0.814. The molecule has 0 aliphatic carbocycles. The number of hydrogen-bond acceptors (Lipinski definition) is 3. The van der Waals surface area contributed by atoms with E-state index in [-0.39, 0.29) is 18.4 Å². The van der Waals surface area contributed by atoms with Crippen LogP contribution in [-0.4, -0.2) is 33.8 Å². The molecular weight excluding hydrogens is 236 g/mol. The number of nitrogens with zero attached hydrogens (tertiary/aromatic N) is 1. The van der Waals surface area contributed by atoms with Crippen LogP contribution in [0.3, 0.4) is 0 Å². The summed E-state index contributed by atoms with van der Waals surface area (Å²) in [6.45, 7) is 2.77. The Labute approximate surface area is 105 Å². The van der Waals surface area contributed by atoms with E-state index >= 15 is 0 Å². The molecule has 0 aliphatic rings. The van der Waals surface area contributed by atoms with Crippen LogP contribution in [0.2, 0.25) is 0 Å². The van der Waals surface area contributed by atoms with Gasteiger partial charge in [0.25, 0.3) is 0 Å². The summed E-state index contributed by atoms with van der Waals surface area (Å²) in [5.74, 6) is -0.674. The smallest absolute Gasteiger partial charge is 0.315 e. The molecule has 1 atom stereocenters. The van der Waals surface area contributed by atoms with Gasteiger partial charge in [0.2, 0.25) is 0 Å². The third kappa shape index (κ3) is 5.88. The summed E-state index contributed by atoms with van der Waals surface area (Å²) < 4.78 is 0. The molecule has 1 rings (SSSR count). The highest BCUT2D eigenvalue weighted by atomic mass is 16.4. The number of hydrogen-bond donors (Lipinski definition) is 4. The second kappa shape index (κ2) is 7.31. The summed E-state index contributed by atoms with van der Waals surface area (Å²) in [6.07, 6.45) is 4.02. The monoisotopic (exact) mass is 254 g/mol. The van der Waals surface area contributed by atoms with E-state index in [1.54, 1.807) is 12.4 Å². The second-order valence-corrected chi connectivity index (χ2v) is 4.21. The Hall–Kier alpha value is -2.05. The Balaban J connectivity index is 2.11. The van der Waals surface area contributed by atoms with Gasteiger partial charge in [0, 0.05) is 31.3 Å². The number of carboxylic acids is 1. The van der Waals surface area contributed by atoms with E-state index in [0.29, 0.717) is 19.5 Å². The van der Waals surface area contributed by atoms with E-state index in [1.807, 2.05) is 6.92 Å². The van der Waals surface area contributed by atoms with Crippen LogP contribution < -0.4 is 10.6 Å². The van der Waals surface area contributed by atoms with Gasteiger partial charge in [-0.2, -0.15) is 5.10 Å². The van der Waals surface area contributed by atoms with Gasteiger partial charge in [-0.05, 0) is 12.3 Å². The van der Waals surface area contributed by atoms with Gasteiger partial charge < -0.3 is 15.7 Å². The number of carbonyl (C=O) groups excluding carboxylic acids is 1. The highest BCUT2D eigenvalue weighted by Crippen LogP contribution is 2.03. The van der Waals surface area contributed by atoms with Gasteiger partial charge in [-0.3, -0.25) is 9.89 Å². The number of amides is 2. The number of nitrogens with one attached hydrogen (secondary N) is 3. The van der Waals surface area contributed by atoms with Crippen LogP contribution >= 0.6 is 0 Å². The first-order valence-electron chi connectivity index (χ1n) is 5.79. The molecule has 2 amide bonds. The van der Waals surface area contributed by atoms with E-state index in [2.05, 4.69) is 20.8 Å². The van der Waals surface area contributed by atoms with Crippen molar-refractivity contribution < 1.29 is 14.7 Å². The topological polar surface area (TPSA) is 107 Å². The normalized spacial score (nSPS) is 11.8. The maximum Gasteiger partial charge on any atom is 0.315 e. The van der Waals surface area contributed by atoms with Gasteiger partial charge in [-0.15, -0.1) is 0 Å². The fourth-order valence-corrected chi connectivity index (χ4v) is 1.36. The maximum absolute atomic E-state index is 11.4. The SMILES string of the molecule is CC(CCC(=O)O)CNC(=O)NCc1cn[nH]c1. The van der Waals surface area contributed by atoms with Crippen molar-refractivity contribution in [2.24, 2.45) is 5.92 Å². The highest BCUT2D eigenvalue weighted by Gasteiger charge is 2.07. The van der Waals surface area contributed by atoms with Gasteiger partial charge in [0.05, 0.1) is 6.20 Å². The van der Waals surface area contributed by atoms with Crippen molar-refractivity contribution in [3.8, 4) is 0 Å². The van der Waals surface area contributed by atoms with Crippen molar-refractivity contribution in [1.82, 2.24) is 20.8 Å². The Bertz CT molecular complexity index is 378. The third-order valence-electron chi connectivity index (χ3n) is 2.47. The zero-order valence-corrected chi connectivity index (χ0v) is 10.3. The van der Waals surface area contributed by atoms with Crippen LogP contribution in [0.5, 0.6) is 0 Å². The molecule has 18 heavy (non-hydrogen) atoms. The van der Waals surface area contributed by atoms with Gasteiger partial charge in [0.1, 0.15) is 0 Å². The standard InChI is InChI=1S/C11H18N4O3/c1-8(2-3-10(16)17)4-12-11(18)13-5-9-6-14-15-7-9/h6-8H,2-5H2,1H3,(H,14,15)(H,16,17)(H2,12,13,18). The van der Waals surface area contributed by atoms with Crippen LogP contribution in [0.15, 0.2) is 12.4 Å². The lowest BCUT2D eigenvalue weighted by Crippen LogP contribution is -2.37. The molecule has 1 aromatic heterocycles. The molecule has 0 radical (unpaired) electrons. The van der Waals surface area contributed by atoms with E-state index in [9.17, 15) is 9.59 Å². The molecule has 100 valence electrons. The number of urea groups is 1. The molecule has 0 aromatic carbocycles. The number of aliphatic carboxylic acids is 1. The molecule has 0 bridgehead atoms. The van der Waals surface area contributed by atoms with Crippen molar-refractivity contribution in [2.45, 2.75) is 26.3 Å². The van der Waals surface area contributed by atoms with Crippen LogP contribution in [0.4, 0.5) is 4.79 Å². The molecule has 1 aromatic rings. The summed E-state index contributed by atoms with van der Waals surface area (Å²) in [5.41, 5.74) is 0.893. The Morgan fingerprint density at radius 1 is 1.50 bits per heavy atom. The number of carbonyl (C=O) groups is 2. The summed E-state index contributed by atoms with van der Waals surface area (Å²) in [4.78, 5) is 21.8. The Morgan fingerprint density at radius 3 is 2.89 bits per heavy atom. The van der Waals surface area contributed by atoms with E-state index in [1.165, 1.54) is 0 Å². The lowest BCUT2D eigenvalue weighted by atomic mass is 10.1. The van der Waals surface area contributed by atoms with Crippen molar-refractivity contribution in [2.75, 3.05) is 6.54 Å². The quantitative estimate of drug-likeness (QED) is 0.574. The highest BCUT2D eigenvalue weighted by molar-refractivity contribution is 5.73. The lowest BCUT2D eigenvalue weighted by Gasteiger charge is -2.11. The van der Waals surface area contributed by atoms with E-state index in [4.69, 9.17) is 5.11 Å². The predicted molar refractivity (Wildman–Crippen MR) is 64.9 cm³/mol. The minimum absolute atomic E-state index is 0.124. The fraction of sp³-hybridized carbons (Fsp3) is 0.545. The Kier molecular flexibility index (Phi) is 5.69. The largest absolute Gasteiger partial charge is 0.481 e. The van der Waals surface area contributed by atoms with Gasteiger partial charge >= 0.3 is 12.0 Å². The van der Waals surface area contributed by atoms with Crippen LogP contribution in [0.1, 0.15) is 25.3 Å². The van der Waals surface area contributed by atoms with Crippen LogP contribution in [0, 0.1) is 5.92 Å². The molecule has 0 spiro atoms. The van der Waals surface area contributed by atoms with Crippen LogP contribution in [-0.2, 0) is 11.3 Å². The zero-order chi connectivity index (χ0) is 13.4. The Morgan fingerprint density at radius 2 is 2.28 bits per heavy atom. The molecule has 0 fully saturated rings. The minimum Gasteiger partial charge on any atom is -0.481 e. The fourth-order valence-electron chi connectivity index (χ4n) is 1.36. The van der Waals surface area contributed by atoms with Crippen molar-refractivity contribution >= 4 is 12.0 Å². The number of rotatable bonds is 7. The molecule has 1 unspecified atom stereocenters. The average molecular weight is 254 g/mol. The summed E-state index contributed by atoms with van der Waals surface area (Å²) >= 11 is 0. The molecular formula is C11H18N4O3. The van der Waals surface area contributed by atoms with Gasteiger partial charge in [-0.25, -0.2) is 4.79 Å². The molecule has 0 saturated carbocycles. The predicted octanol–water partition coefficient (Wildman–Crippen LogP) is 0.710. The van der Waals surface area contributed by atoms with Gasteiger partial charge in [-0.1, -0.05) is 6.92 Å². The second-order valence-electron chi connectivity index (χ2n) is 4.21. The van der Waals surface area contributed by atoms with E-state index < -0.39 is 5.97 Å². The molecule has 7 nitrogen and oxygen atoms in total. The first-order valence-corrected chi connectivity index (χ1v) is 5.79. The molecule has 1 heterocycles.